The molecule has 0 aromatic rings. The average molecular weight is 185 g/mol. The van der Waals surface area contributed by atoms with Gasteiger partial charge in [-0.3, -0.25) is 4.90 Å². The van der Waals surface area contributed by atoms with E-state index in [0.717, 1.165) is 32.5 Å². The van der Waals surface area contributed by atoms with E-state index in [0.29, 0.717) is 6.10 Å². The van der Waals surface area contributed by atoms with Gasteiger partial charge in [-0.1, -0.05) is 12.8 Å². The number of methoxy groups -OCH3 is 1. The van der Waals surface area contributed by atoms with E-state index in [-0.39, 0.29) is 5.60 Å². The van der Waals surface area contributed by atoms with E-state index in [1.165, 1.54) is 12.8 Å². The van der Waals surface area contributed by atoms with E-state index in [4.69, 9.17) is 4.74 Å². The van der Waals surface area contributed by atoms with Gasteiger partial charge in [-0.05, 0) is 12.8 Å². The molecule has 2 rings (SSSR count). The molecule has 3 nitrogen and oxygen atoms in total. The van der Waals surface area contributed by atoms with Gasteiger partial charge < -0.3 is 9.84 Å². The highest BCUT2D eigenvalue weighted by Gasteiger charge is 2.37. The lowest BCUT2D eigenvalue weighted by molar-refractivity contribution is -0.0728. The van der Waals surface area contributed by atoms with Crippen molar-refractivity contribution in [3.63, 3.8) is 0 Å². The third kappa shape index (κ3) is 2.03. The molecule has 1 aliphatic heterocycles. The largest absolute Gasteiger partial charge is 0.389 e. The molecule has 1 saturated heterocycles. The number of likely N-dealkylation sites (tertiary alicyclic amines) is 1. The number of hydrogen-bond donors (Lipinski definition) is 1. The minimum absolute atomic E-state index is 0.376. The van der Waals surface area contributed by atoms with Gasteiger partial charge in [0.15, 0.2) is 0 Å². The molecule has 1 saturated carbocycles. The minimum Gasteiger partial charge on any atom is -0.389 e. The second-order valence-corrected chi connectivity index (χ2v) is 4.48. The van der Waals surface area contributed by atoms with Crippen LogP contribution in [0.2, 0.25) is 0 Å². The zero-order chi connectivity index (χ0) is 9.31. The molecule has 1 aliphatic carbocycles. The Bertz CT molecular complexity index is 172. The molecule has 0 radical (unpaired) electrons. The molecule has 0 spiro atoms. The van der Waals surface area contributed by atoms with E-state index in [1.807, 2.05) is 0 Å². The van der Waals surface area contributed by atoms with Crippen LogP contribution in [0.3, 0.4) is 0 Å². The molecule has 0 bridgehead atoms. The van der Waals surface area contributed by atoms with Crippen LogP contribution in [0.5, 0.6) is 0 Å². The van der Waals surface area contributed by atoms with E-state index in [9.17, 15) is 5.11 Å². The van der Waals surface area contributed by atoms with E-state index >= 15 is 0 Å². The van der Waals surface area contributed by atoms with Gasteiger partial charge in [-0.2, -0.15) is 0 Å². The van der Waals surface area contributed by atoms with Crippen LogP contribution < -0.4 is 0 Å². The summed E-state index contributed by atoms with van der Waals surface area (Å²) in [6.45, 7) is 2.85. The molecule has 0 aromatic carbocycles. The number of rotatable bonds is 3. The standard InChI is InChI=1S/C10H19NO2/c1-13-9-6-11(7-9)8-10(12)4-2-3-5-10/h9,12H,2-8H2,1H3. The summed E-state index contributed by atoms with van der Waals surface area (Å²) in [6, 6.07) is 0. The summed E-state index contributed by atoms with van der Waals surface area (Å²) in [4.78, 5) is 2.29. The van der Waals surface area contributed by atoms with Gasteiger partial charge in [0, 0.05) is 26.7 Å². The van der Waals surface area contributed by atoms with Crippen molar-refractivity contribution < 1.29 is 9.84 Å². The van der Waals surface area contributed by atoms with Gasteiger partial charge in [-0.25, -0.2) is 0 Å². The van der Waals surface area contributed by atoms with Crippen LogP contribution in [0.25, 0.3) is 0 Å². The molecule has 2 aliphatic rings. The lowest BCUT2D eigenvalue weighted by Gasteiger charge is -2.41. The Morgan fingerprint density at radius 2 is 2.00 bits per heavy atom. The van der Waals surface area contributed by atoms with Crippen LogP contribution in [0.4, 0.5) is 0 Å². The molecule has 0 aromatic heterocycles. The molecule has 13 heavy (non-hydrogen) atoms. The number of nitrogens with zero attached hydrogens (tertiary/aromatic N) is 1. The highest BCUT2D eigenvalue weighted by molar-refractivity contribution is 4.91. The molecule has 0 unspecified atom stereocenters. The Balaban J connectivity index is 1.73. The molecule has 3 heteroatoms. The van der Waals surface area contributed by atoms with E-state index in [2.05, 4.69) is 4.90 Å². The van der Waals surface area contributed by atoms with Gasteiger partial charge in [0.25, 0.3) is 0 Å². The molecule has 0 atom stereocenters. The Labute approximate surface area is 79.7 Å². The molecular formula is C10H19NO2. The molecule has 2 fully saturated rings. The van der Waals surface area contributed by atoms with Crippen LogP contribution in [0.15, 0.2) is 0 Å². The highest BCUT2D eigenvalue weighted by Crippen LogP contribution is 2.31. The van der Waals surface area contributed by atoms with Crippen molar-refractivity contribution in [1.82, 2.24) is 4.90 Å². The second-order valence-electron chi connectivity index (χ2n) is 4.48. The van der Waals surface area contributed by atoms with Crippen molar-refractivity contribution in [3.05, 3.63) is 0 Å². The zero-order valence-corrected chi connectivity index (χ0v) is 8.33. The maximum absolute atomic E-state index is 10.1. The monoisotopic (exact) mass is 185 g/mol. The summed E-state index contributed by atoms with van der Waals surface area (Å²) in [5.74, 6) is 0. The smallest absolute Gasteiger partial charge is 0.0824 e. The molecule has 76 valence electrons. The van der Waals surface area contributed by atoms with Crippen molar-refractivity contribution >= 4 is 0 Å². The summed E-state index contributed by atoms with van der Waals surface area (Å²) in [6.07, 6.45) is 4.77. The Hall–Kier alpha value is -0.120. The maximum Gasteiger partial charge on any atom is 0.0824 e. The Kier molecular flexibility index (Phi) is 2.58. The van der Waals surface area contributed by atoms with Crippen molar-refractivity contribution in [2.75, 3.05) is 26.7 Å². The predicted molar refractivity (Wildman–Crippen MR) is 50.7 cm³/mol. The second kappa shape index (κ2) is 3.56. The van der Waals surface area contributed by atoms with Crippen LogP contribution in [0, 0.1) is 0 Å². The summed E-state index contributed by atoms with van der Waals surface area (Å²) in [5.41, 5.74) is -0.376. The van der Waals surface area contributed by atoms with Crippen molar-refractivity contribution in [2.45, 2.75) is 37.4 Å². The van der Waals surface area contributed by atoms with Gasteiger partial charge in [-0.15, -0.1) is 0 Å². The lowest BCUT2D eigenvalue weighted by atomic mass is 9.99. The number of β-amino-alcohol motifs (C(OH)–C–C–N with tert-alkyl or cyclic N) is 1. The summed E-state index contributed by atoms with van der Waals surface area (Å²) < 4.78 is 5.19. The van der Waals surface area contributed by atoms with Crippen LogP contribution in [-0.4, -0.2) is 48.5 Å². The van der Waals surface area contributed by atoms with Crippen LogP contribution >= 0.6 is 0 Å². The SMILES string of the molecule is COC1CN(CC2(O)CCCC2)C1. The number of ether oxygens (including phenoxy) is 1. The molecule has 0 amide bonds. The molecule has 1 heterocycles. The predicted octanol–water partition coefficient (Wildman–Crippen LogP) is 0.622. The van der Waals surface area contributed by atoms with Gasteiger partial charge in [0.1, 0.15) is 0 Å². The Morgan fingerprint density at radius 3 is 2.54 bits per heavy atom. The van der Waals surface area contributed by atoms with Crippen molar-refractivity contribution in [3.8, 4) is 0 Å². The van der Waals surface area contributed by atoms with Gasteiger partial charge in [0.05, 0.1) is 11.7 Å². The van der Waals surface area contributed by atoms with Gasteiger partial charge >= 0.3 is 0 Å². The zero-order valence-electron chi connectivity index (χ0n) is 8.33. The first-order chi connectivity index (χ1) is 6.22. The van der Waals surface area contributed by atoms with Crippen molar-refractivity contribution in [2.24, 2.45) is 0 Å². The summed E-state index contributed by atoms with van der Waals surface area (Å²) >= 11 is 0. The molecular weight excluding hydrogens is 166 g/mol. The maximum atomic E-state index is 10.1. The fourth-order valence-electron chi connectivity index (χ4n) is 2.41. The summed E-state index contributed by atoms with van der Waals surface area (Å²) in [5, 5.41) is 10.1. The van der Waals surface area contributed by atoms with Crippen LogP contribution in [-0.2, 0) is 4.74 Å². The van der Waals surface area contributed by atoms with Crippen molar-refractivity contribution in [1.29, 1.82) is 0 Å². The fraction of sp³-hybridized carbons (Fsp3) is 1.00. The first-order valence-electron chi connectivity index (χ1n) is 5.19. The first kappa shape index (κ1) is 9.44. The van der Waals surface area contributed by atoms with Gasteiger partial charge in [0.2, 0.25) is 0 Å². The first-order valence-corrected chi connectivity index (χ1v) is 5.19. The quantitative estimate of drug-likeness (QED) is 0.699. The van der Waals surface area contributed by atoms with E-state index in [1.54, 1.807) is 7.11 Å². The Morgan fingerprint density at radius 1 is 1.38 bits per heavy atom. The highest BCUT2D eigenvalue weighted by atomic mass is 16.5. The van der Waals surface area contributed by atoms with Crippen LogP contribution in [0.1, 0.15) is 25.7 Å². The fourth-order valence-corrected chi connectivity index (χ4v) is 2.41. The third-order valence-electron chi connectivity index (χ3n) is 3.31. The van der Waals surface area contributed by atoms with E-state index < -0.39 is 0 Å². The number of hydrogen-bond acceptors (Lipinski definition) is 3. The third-order valence-corrected chi connectivity index (χ3v) is 3.31. The minimum atomic E-state index is -0.376. The lowest BCUT2D eigenvalue weighted by Crippen LogP contribution is -2.56. The molecule has 1 N–H and O–H groups in total. The number of aliphatic hydroxyl groups is 1. The summed E-state index contributed by atoms with van der Waals surface area (Å²) in [7, 11) is 1.76. The average Bonchev–Trinajstić information content (AvgIpc) is 2.44. The normalized spacial score (nSPS) is 29.1. The topological polar surface area (TPSA) is 32.7 Å².